The number of carbonyl (C=O) groups excluding carboxylic acids is 2. The van der Waals surface area contributed by atoms with Crippen LogP contribution in [-0.2, 0) is 14.3 Å². The number of allylic oxidation sites excluding steroid dienone is 1. The molecule has 0 saturated carbocycles. The highest BCUT2D eigenvalue weighted by Gasteiger charge is 2.14. The molecule has 0 rings (SSSR count). The predicted octanol–water partition coefficient (Wildman–Crippen LogP) is 8.62. The molecule has 0 heterocycles. The maximum atomic E-state index is 11.9. The molecule has 0 aromatic heterocycles. The highest BCUT2D eigenvalue weighted by Crippen LogP contribution is 2.15. The summed E-state index contributed by atoms with van der Waals surface area (Å²) >= 11 is 0. The van der Waals surface area contributed by atoms with Crippen LogP contribution in [0.5, 0.6) is 0 Å². The highest BCUT2D eigenvalue weighted by atomic mass is 16.6. The topological polar surface area (TPSA) is 43.4 Å². The van der Waals surface area contributed by atoms with Crippen molar-refractivity contribution in [3.05, 3.63) is 23.8 Å². The zero-order valence-corrected chi connectivity index (χ0v) is 20.2. The number of esters is 2. The van der Waals surface area contributed by atoms with Crippen LogP contribution in [-0.4, -0.2) is 11.9 Å². The highest BCUT2D eigenvalue weighted by molar-refractivity contribution is 6.01. The second-order valence-electron chi connectivity index (χ2n) is 8.63. The molecule has 0 saturated heterocycles. The Morgan fingerprint density at radius 3 is 1.47 bits per heavy atom. The Hall–Kier alpha value is -1.38. The number of rotatable bonds is 20. The molecule has 0 aliphatic heterocycles. The first-order chi connectivity index (χ1) is 14.5. The smallest absolute Gasteiger partial charge is 0.341 e. The summed E-state index contributed by atoms with van der Waals surface area (Å²) < 4.78 is 4.86. The molecule has 0 spiro atoms. The third kappa shape index (κ3) is 17.5. The quantitative estimate of drug-likeness (QED) is 0.0856. The van der Waals surface area contributed by atoms with Crippen LogP contribution in [0.25, 0.3) is 0 Å². The van der Waals surface area contributed by atoms with Gasteiger partial charge in [-0.05, 0) is 26.2 Å². The zero-order valence-electron chi connectivity index (χ0n) is 20.2. The molecule has 0 bridgehead atoms. The summed E-state index contributed by atoms with van der Waals surface area (Å²) in [6.45, 7) is 9.65. The Kier molecular flexibility index (Phi) is 19.9. The van der Waals surface area contributed by atoms with E-state index in [1.54, 1.807) is 13.0 Å². The van der Waals surface area contributed by atoms with Gasteiger partial charge in [-0.2, -0.15) is 0 Å². The van der Waals surface area contributed by atoms with E-state index in [-0.39, 0.29) is 0 Å². The molecule has 3 nitrogen and oxygen atoms in total. The van der Waals surface area contributed by atoms with Crippen molar-refractivity contribution < 1.29 is 14.3 Å². The first kappa shape index (κ1) is 28.6. The molecule has 30 heavy (non-hydrogen) atoms. The maximum Gasteiger partial charge on any atom is 0.341 e. The second kappa shape index (κ2) is 20.9. The van der Waals surface area contributed by atoms with Crippen LogP contribution in [0.4, 0.5) is 0 Å². The number of unbranched alkanes of at least 4 members (excludes halogenated alkanes) is 15. The fourth-order valence-corrected chi connectivity index (χ4v) is 3.61. The van der Waals surface area contributed by atoms with E-state index in [1.165, 1.54) is 89.9 Å². The molecule has 0 aliphatic carbocycles. The fraction of sp³-hybridized carbons (Fsp3) is 0.778. The number of carbonyl (C=O) groups is 2. The second-order valence-corrected chi connectivity index (χ2v) is 8.63. The molecule has 0 fully saturated rings. The molecular weight excluding hydrogens is 372 g/mol. The third-order valence-corrected chi connectivity index (χ3v) is 5.64. The van der Waals surface area contributed by atoms with Gasteiger partial charge in [-0.3, -0.25) is 0 Å². The van der Waals surface area contributed by atoms with Crippen molar-refractivity contribution in [2.75, 3.05) is 0 Å². The van der Waals surface area contributed by atoms with Crippen LogP contribution >= 0.6 is 0 Å². The van der Waals surface area contributed by atoms with Gasteiger partial charge in [0.25, 0.3) is 0 Å². The van der Waals surface area contributed by atoms with Crippen molar-refractivity contribution in [1.29, 1.82) is 0 Å². The molecule has 0 unspecified atom stereocenters. The first-order valence-corrected chi connectivity index (χ1v) is 12.6. The van der Waals surface area contributed by atoms with Gasteiger partial charge in [-0.25, -0.2) is 9.59 Å². The van der Waals surface area contributed by atoms with Crippen molar-refractivity contribution in [2.24, 2.45) is 0 Å². The molecule has 0 amide bonds. The van der Waals surface area contributed by atoms with Crippen LogP contribution in [0.1, 0.15) is 136 Å². The Morgan fingerprint density at radius 1 is 0.667 bits per heavy atom. The largest absolute Gasteiger partial charge is 0.386 e. The number of hydrogen-bond acceptors (Lipinski definition) is 3. The summed E-state index contributed by atoms with van der Waals surface area (Å²) in [6, 6.07) is 0. The summed E-state index contributed by atoms with van der Waals surface area (Å²) in [5.74, 6) is -1.14. The number of ether oxygens (including phenoxy) is 1. The van der Waals surface area contributed by atoms with Gasteiger partial charge in [0.15, 0.2) is 0 Å². The average Bonchev–Trinajstić information content (AvgIpc) is 2.73. The van der Waals surface area contributed by atoms with E-state index in [2.05, 4.69) is 13.5 Å². The summed E-state index contributed by atoms with van der Waals surface area (Å²) in [6.07, 6.45) is 24.3. The van der Waals surface area contributed by atoms with E-state index in [0.29, 0.717) is 17.6 Å². The lowest BCUT2D eigenvalue weighted by Crippen LogP contribution is -2.14. The summed E-state index contributed by atoms with van der Waals surface area (Å²) in [5, 5.41) is 0. The predicted molar refractivity (Wildman–Crippen MR) is 128 cm³/mol. The van der Waals surface area contributed by atoms with E-state index in [0.717, 1.165) is 19.3 Å². The third-order valence-electron chi connectivity index (χ3n) is 5.64. The standard InChI is InChI=1S/C27H48O3/c1-5-7-8-9-10-11-12-13-14-15-16-17-18-19-20-21-23-25(4)27(29)30-26(28)24(3)22-6-2/h22H,4-21,23H2,1-3H3. The summed E-state index contributed by atoms with van der Waals surface area (Å²) in [5.41, 5.74) is 0.874. The molecule has 0 aliphatic rings. The lowest BCUT2D eigenvalue weighted by molar-refractivity contribution is -0.154. The van der Waals surface area contributed by atoms with Gasteiger partial charge >= 0.3 is 11.9 Å². The first-order valence-electron chi connectivity index (χ1n) is 12.6. The van der Waals surface area contributed by atoms with E-state index >= 15 is 0 Å². The van der Waals surface area contributed by atoms with Gasteiger partial charge in [0.05, 0.1) is 0 Å². The SMILES string of the molecule is C=C(CCCCCCCCCCCCCCCCCC)C(=O)OC(=O)C(C)=CCC. The zero-order chi connectivity index (χ0) is 22.5. The van der Waals surface area contributed by atoms with Gasteiger partial charge in [0.1, 0.15) is 0 Å². The molecule has 0 aromatic rings. The normalized spacial score (nSPS) is 11.5. The van der Waals surface area contributed by atoms with Crippen molar-refractivity contribution in [3.8, 4) is 0 Å². The minimum atomic E-state index is -0.579. The van der Waals surface area contributed by atoms with Crippen molar-refractivity contribution in [3.63, 3.8) is 0 Å². The van der Waals surface area contributed by atoms with Crippen molar-refractivity contribution in [1.82, 2.24) is 0 Å². The van der Waals surface area contributed by atoms with Crippen LogP contribution in [0, 0.1) is 0 Å². The van der Waals surface area contributed by atoms with E-state index in [1.807, 2.05) is 6.92 Å². The van der Waals surface area contributed by atoms with Crippen LogP contribution < -0.4 is 0 Å². The molecule has 0 atom stereocenters. The van der Waals surface area contributed by atoms with E-state index in [9.17, 15) is 9.59 Å². The molecule has 0 N–H and O–H groups in total. The Labute approximate surface area is 186 Å². The monoisotopic (exact) mass is 420 g/mol. The van der Waals surface area contributed by atoms with Gasteiger partial charge < -0.3 is 4.74 Å². The minimum Gasteiger partial charge on any atom is -0.386 e. The molecule has 0 radical (unpaired) electrons. The minimum absolute atomic E-state index is 0.401. The van der Waals surface area contributed by atoms with Gasteiger partial charge in [-0.15, -0.1) is 0 Å². The van der Waals surface area contributed by atoms with Crippen molar-refractivity contribution in [2.45, 2.75) is 136 Å². The molecule has 3 heteroatoms. The Bertz CT molecular complexity index is 490. The van der Waals surface area contributed by atoms with E-state index in [4.69, 9.17) is 4.74 Å². The molecule has 174 valence electrons. The maximum absolute atomic E-state index is 11.9. The fourth-order valence-electron chi connectivity index (χ4n) is 3.61. The van der Waals surface area contributed by atoms with Crippen LogP contribution in [0.3, 0.4) is 0 Å². The summed E-state index contributed by atoms with van der Waals surface area (Å²) in [7, 11) is 0. The molecule has 0 aromatic carbocycles. The Morgan fingerprint density at radius 2 is 1.07 bits per heavy atom. The lowest BCUT2D eigenvalue weighted by Gasteiger charge is -2.06. The Balaban J connectivity index is 3.45. The average molecular weight is 421 g/mol. The van der Waals surface area contributed by atoms with E-state index < -0.39 is 11.9 Å². The lowest BCUT2D eigenvalue weighted by atomic mass is 10.0. The summed E-state index contributed by atoms with van der Waals surface area (Å²) in [4.78, 5) is 23.6. The van der Waals surface area contributed by atoms with Gasteiger partial charge in [0, 0.05) is 11.1 Å². The van der Waals surface area contributed by atoms with Crippen molar-refractivity contribution >= 4 is 11.9 Å². The van der Waals surface area contributed by atoms with Gasteiger partial charge in [0.2, 0.25) is 0 Å². The number of hydrogen-bond donors (Lipinski definition) is 0. The van der Waals surface area contributed by atoms with Gasteiger partial charge in [-0.1, -0.05) is 123 Å². The molecular formula is C27H48O3. The van der Waals surface area contributed by atoms with Crippen LogP contribution in [0.15, 0.2) is 23.8 Å². The van der Waals surface area contributed by atoms with Crippen LogP contribution in [0.2, 0.25) is 0 Å².